The summed E-state index contributed by atoms with van der Waals surface area (Å²) in [5.74, 6) is 0.153. The number of rotatable bonds is 1. The van der Waals surface area contributed by atoms with Crippen molar-refractivity contribution in [3.63, 3.8) is 0 Å². The molecular formula is C15H26N2O3. The van der Waals surface area contributed by atoms with Gasteiger partial charge in [-0.3, -0.25) is 4.79 Å². The molecule has 0 unspecified atom stereocenters. The first kappa shape index (κ1) is 14.3. The minimum Gasteiger partial charge on any atom is -0.376 e. The van der Waals surface area contributed by atoms with Crippen LogP contribution in [0.3, 0.4) is 0 Å². The molecule has 3 fully saturated rings. The van der Waals surface area contributed by atoms with E-state index in [0.29, 0.717) is 19.8 Å². The maximum Gasteiger partial charge on any atom is 0.254 e. The third kappa shape index (κ3) is 2.71. The molecular weight excluding hydrogens is 256 g/mol. The van der Waals surface area contributed by atoms with Crippen molar-refractivity contribution in [2.45, 2.75) is 43.7 Å². The lowest BCUT2D eigenvalue weighted by Gasteiger charge is -2.53. The highest BCUT2D eigenvalue weighted by Gasteiger charge is 2.45. The number of ether oxygens (including phenoxy) is 2. The fourth-order valence-electron chi connectivity index (χ4n) is 3.96. The maximum absolute atomic E-state index is 12.8. The lowest BCUT2D eigenvalue weighted by atomic mass is 9.78. The van der Waals surface area contributed by atoms with Crippen LogP contribution in [0, 0.1) is 0 Å². The summed E-state index contributed by atoms with van der Waals surface area (Å²) in [6, 6.07) is 0. The second-order valence-electron chi connectivity index (χ2n) is 6.45. The molecule has 3 rings (SSSR count). The van der Waals surface area contributed by atoms with Gasteiger partial charge in [0.05, 0.1) is 25.4 Å². The summed E-state index contributed by atoms with van der Waals surface area (Å²) in [4.78, 5) is 17.3. The molecule has 1 saturated carbocycles. The van der Waals surface area contributed by atoms with Crippen LogP contribution >= 0.6 is 0 Å². The number of amides is 1. The van der Waals surface area contributed by atoms with E-state index in [4.69, 9.17) is 9.47 Å². The molecule has 2 saturated heterocycles. The number of hydrogen-bond acceptors (Lipinski definition) is 4. The van der Waals surface area contributed by atoms with Crippen molar-refractivity contribution in [2.75, 3.05) is 46.5 Å². The summed E-state index contributed by atoms with van der Waals surface area (Å²) in [5.41, 5.74) is 0.0448. The Morgan fingerprint density at radius 3 is 2.65 bits per heavy atom. The fraction of sp³-hybridized carbons (Fsp3) is 0.933. The second-order valence-corrected chi connectivity index (χ2v) is 6.45. The van der Waals surface area contributed by atoms with E-state index in [2.05, 4.69) is 16.8 Å². The molecule has 0 bridgehead atoms. The fourth-order valence-corrected chi connectivity index (χ4v) is 3.96. The molecule has 2 heterocycles. The molecule has 1 atom stereocenters. The predicted molar refractivity (Wildman–Crippen MR) is 75.6 cm³/mol. The predicted octanol–water partition coefficient (Wildman–Crippen LogP) is 0.879. The van der Waals surface area contributed by atoms with Gasteiger partial charge in [0.1, 0.15) is 0 Å². The molecule has 0 N–H and O–H groups in total. The normalized spacial score (nSPS) is 31.4. The van der Waals surface area contributed by atoms with Gasteiger partial charge in [-0.15, -0.1) is 0 Å². The molecule has 1 amide bonds. The van der Waals surface area contributed by atoms with E-state index < -0.39 is 0 Å². The van der Waals surface area contributed by atoms with Gasteiger partial charge < -0.3 is 19.3 Å². The minimum atomic E-state index is -0.383. The standard InChI is InChI=1S/C15H26N2O3/c1-16-7-8-17(14(18)13-11-19-9-10-20-13)15(12-16)5-3-2-4-6-15/h13H,2-12H2,1H3/t13-/m0/s1. The van der Waals surface area contributed by atoms with Crippen LogP contribution in [0.4, 0.5) is 0 Å². The van der Waals surface area contributed by atoms with Crippen molar-refractivity contribution in [1.29, 1.82) is 0 Å². The Balaban J connectivity index is 1.76. The van der Waals surface area contributed by atoms with Crippen LogP contribution in [0.5, 0.6) is 0 Å². The number of carbonyl (C=O) groups excluding carboxylic acids is 1. The molecule has 0 aromatic carbocycles. The highest BCUT2D eigenvalue weighted by molar-refractivity contribution is 5.82. The summed E-state index contributed by atoms with van der Waals surface area (Å²) < 4.78 is 11.0. The van der Waals surface area contributed by atoms with Crippen LogP contribution in [-0.4, -0.2) is 73.9 Å². The molecule has 2 aliphatic heterocycles. The number of hydrogen-bond donors (Lipinski definition) is 0. The molecule has 1 spiro atoms. The smallest absolute Gasteiger partial charge is 0.254 e. The third-order valence-electron chi connectivity index (χ3n) is 4.98. The molecule has 3 aliphatic rings. The quantitative estimate of drug-likeness (QED) is 0.716. The zero-order chi connectivity index (χ0) is 14.0. The van der Waals surface area contributed by atoms with Gasteiger partial charge in [0.2, 0.25) is 0 Å². The molecule has 114 valence electrons. The van der Waals surface area contributed by atoms with Crippen molar-refractivity contribution in [3.05, 3.63) is 0 Å². The summed E-state index contributed by atoms with van der Waals surface area (Å²) in [5, 5.41) is 0. The summed E-state index contributed by atoms with van der Waals surface area (Å²) in [6.07, 6.45) is 5.66. The van der Waals surface area contributed by atoms with E-state index >= 15 is 0 Å². The van der Waals surface area contributed by atoms with Gasteiger partial charge >= 0.3 is 0 Å². The first-order valence-corrected chi connectivity index (χ1v) is 7.91. The lowest BCUT2D eigenvalue weighted by molar-refractivity contribution is -0.169. The molecule has 20 heavy (non-hydrogen) atoms. The van der Waals surface area contributed by atoms with Crippen LogP contribution in [0.15, 0.2) is 0 Å². The van der Waals surface area contributed by atoms with E-state index in [9.17, 15) is 4.79 Å². The van der Waals surface area contributed by atoms with Crippen LogP contribution in [-0.2, 0) is 14.3 Å². The van der Waals surface area contributed by atoms with Gasteiger partial charge in [-0.25, -0.2) is 0 Å². The topological polar surface area (TPSA) is 42.0 Å². The Hall–Kier alpha value is -0.650. The average molecular weight is 282 g/mol. The molecule has 5 nitrogen and oxygen atoms in total. The molecule has 5 heteroatoms. The van der Waals surface area contributed by atoms with Crippen LogP contribution in [0.1, 0.15) is 32.1 Å². The minimum absolute atomic E-state index is 0.0448. The summed E-state index contributed by atoms with van der Waals surface area (Å²) in [7, 11) is 2.17. The summed E-state index contributed by atoms with van der Waals surface area (Å²) >= 11 is 0. The van der Waals surface area contributed by atoms with Crippen LogP contribution < -0.4 is 0 Å². The van der Waals surface area contributed by atoms with E-state index in [1.165, 1.54) is 19.3 Å². The van der Waals surface area contributed by atoms with Gasteiger partial charge in [-0.2, -0.15) is 0 Å². The van der Waals surface area contributed by atoms with Crippen molar-refractivity contribution >= 4 is 5.91 Å². The molecule has 1 aliphatic carbocycles. The zero-order valence-corrected chi connectivity index (χ0v) is 12.5. The van der Waals surface area contributed by atoms with Crippen molar-refractivity contribution in [3.8, 4) is 0 Å². The Morgan fingerprint density at radius 2 is 1.95 bits per heavy atom. The first-order valence-electron chi connectivity index (χ1n) is 7.91. The molecule has 0 aromatic heterocycles. The number of nitrogens with zero attached hydrogens (tertiary/aromatic N) is 2. The van der Waals surface area contributed by atoms with Gasteiger partial charge in [0.15, 0.2) is 6.10 Å². The van der Waals surface area contributed by atoms with Crippen LogP contribution in [0.2, 0.25) is 0 Å². The Bertz CT molecular complexity index is 349. The SMILES string of the molecule is CN1CCN(C(=O)[C@@H]2COCCO2)C2(CCCCC2)C1. The Labute approximate surface area is 121 Å². The van der Waals surface area contributed by atoms with Gasteiger partial charge in [0.25, 0.3) is 5.91 Å². The Morgan fingerprint density at radius 1 is 1.15 bits per heavy atom. The number of carbonyl (C=O) groups is 1. The highest BCUT2D eigenvalue weighted by atomic mass is 16.6. The van der Waals surface area contributed by atoms with Crippen molar-refractivity contribution < 1.29 is 14.3 Å². The first-order chi connectivity index (χ1) is 9.71. The average Bonchev–Trinajstić information content (AvgIpc) is 2.48. The number of likely N-dealkylation sites (N-methyl/N-ethyl adjacent to an activating group) is 1. The molecule has 0 aromatic rings. The van der Waals surface area contributed by atoms with Gasteiger partial charge in [-0.1, -0.05) is 19.3 Å². The van der Waals surface area contributed by atoms with E-state index in [1.807, 2.05) is 0 Å². The van der Waals surface area contributed by atoms with Crippen molar-refractivity contribution in [2.24, 2.45) is 0 Å². The van der Waals surface area contributed by atoms with E-state index in [-0.39, 0.29) is 17.6 Å². The van der Waals surface area contributed by atoms with Crippen molar-refractivity contribution in [1.82, 2.24) is 9.80 Å². The third-order valence-corrected chi connectivity index (χ3v) is 4.98. The number of piperazine rings is 1. The summed E-state index contributed by atoms with van der Waals surface area (Å²) in [6.45, 7) is 4.36. The maximum atomic E-state index is 12.8. The van der Waals surface area contributed by atoms with Crippen LogP contribution in [0.25, 0.3) is 0 Å². The highest BCUT2D eigenvalue weighted by Crippen LogP contribution is 2.36. The zero-order valence-electron chi connectivity index (χ0n) is 12.5. The molecule has 0 radical (unpaired) electrons. The lowest BCUT2D eigenvalue weighted by Crippen LogP contribution is -2.66. The van der Waals surface area contributed by atoms with E-state index in [1.54, 1.807) is 0 Å². The Kier molecular flexibility index (Phi) is 4.29. The largest absolute Gasteiger partial charge is 0.376 e. The van der Waals surface area contributed by atoms with Gasteiger partial charge in [-0.05, 0) is 19.9 Å². The van der Waals surface area contributed by atoms with E-state index in [0.717, 1.165) is 32.5 Å². The van der Waals surface area contributed by atoms with Gasteiger partial charge in [0, 0.05) is 19.6 Å². The monoisotopic (exact) mass is 282 g/mol. The second kappa shape index (κ2) is 6.00.